The van der Waals surface area contributed by atoms with Gasteiger partial charge in [0, 0.05) is 50.9 Å². The number of halogens is 3. The van der Waals surface area contributed by atoms with Crippen LogP contribution in [-0.2, 0) is 11.2 Å². The molecule has 1 unspecified atom stereocenters. The standard InChI is InChI=1S/C22H33F3N4O2/c1-31-8-6-28-22(30)27-5-2-7-29-16-3-4-17(29)10-15(9-16)21(26)12-14-11-19(24)20(25)13-18(14)23/h11,13,15-17,21H,2-10,12,26H2,1H3,(H2,27,28,30)/t15-,16-,17+,21?. The molecular formula is C22H33F3N4O2. The van der Waals surface area contributed by atoms with Crippen LogP contribution in [0, 0.1) is 23.4 Å². The normalized spacial score (nSPS) is 24.2. The molecule has 2 amide bonds. The Morgan fingerprint density at radius 2 is 1.77 bits per heavy atom. The molecule has 2 heterocycles. The Morgan fingerprint density at radius 3 is 2.45 bits per heavy atom. The number of rotatable bonds is 10. The quantitative estimate of drug-likeness (QED) is 0.384. The number of piperidine rings is 1. The maximum Gasteiger partial charge on any atom is 0.314 e. The first kappa shape index (κ1) is 23.8. The topological polar surface area (TPSA) is 79.6 Å². The van der Waals surface area contributed by atoms with Crippen molar-refractivity contribution < 1.29 is 22.7 Å². The summed E-state index contributed by atoms with van der Waals surface area (Å²) in [7, 11) is 1.59. The number of amides is 2. The minimum atomic E-state index is -1.18. The maximum absolute atomic E-state index is 14.0. The second-order valence-electron chi connectivity index (χ2n) is 8.61. The second kappa shape index (κ2) is 11.2. The van der Waals surface area contributed by atoms with Crippen LogP contribution < -0.4 is 16.4 Å². The number of fused-ring (bicyclic) bond motifs is 2. The Bertz CT molecular complexity index is 738. The van der Waals surface area contributed by atoms with Gasteiger partial charge in [-0.2, -0.15) is 0 Å². The highest BCUT2D eigenvalue weighted by atomic mass is 19.2. The number of nitrogens with one attached hydrogen (secondary N) is 2. The number of nitrogens with zero attached hydrogens (tertiary/aromatic N) is 1. The van der Waals surface area contributed by atoms with E-state index in [2.05, 4.69) is 15.5 Å². The summed E-state index contributed by atoms with van der Waals surface area (Å²) in [6.45, 7) is 2.48. The number of ether oxygens (including phenoxy) is 1. The van der Waals surface area contributed by atoms with Gasteiger partial charge in [0.05, 0.1) is 6.61 Å². The van der Waals surface area contributed by atoms with Gasteiger partial charge in [0.2, 0.25) is 0 Å². The molecule has 4 N–H and O–H groups in total. The number of urea groups is 1. The first-order valence-corrected chi connectivity index (χ1v) is 11.0. The molecule has 2 fully saturated rings. The molecule has 0 aromatic heterocycles. The molecule has 0 saturated carbocycles. The van der Waals surface area contributed by atoms with Crippen molar-refractivity contribution in [2.24, 2.45) is 11.7 Å². The van der Waals surface area contributed by atoms with E-state index in [0.717, 1.165) is 44.7 Å². The zero-order valence-corrected chi connectivity index (χ0v) is 18.0. The van der Waals surface area contributed by atoms with Crippen LogP contribution in [0.4, 0.5) is 18.0 Å². The van der Waals surface area contributed by atoms with Crippen LogP contribution in [0.1, 0.15) is 37.7 Å². The first-order valence-electron chi connectivity index (χ1n) is 11.0. The van der Waals surface area contributed by atoms with Crippen molar-refractivity contribution in [1.82, 2.24) is 15.5 Å². The van der Waals surface area contributed by atoms with Crippen molar-refractivity contribution in [1.29, 1.82) is 0 Å². The SMILES string of the molecule is COCCNC(=O)NCCCN1[C@@H]2CC[C@H]1C[C@H](C(N)Cc1cc(F)c(F)cc1F)C2. The molecule has 0 radical (unpaired) electrons. The van der Waals surface area contributed by atoms with Crippen LogP contribution in [-0.4, -0.2) is 62.4 Å². The van der Waals surface area contributed by atoms with Crippen LogP contribution in [0.15, 0.2) is 12.1 Å². The van der Waals surface area contributed by atoms with E-state index in [1.807, 2.05) is 0 Å². The molecule has 2 aliphatic heterocycles. The Morgan fingerprint density at radius 1 is 1.13 bits per heavy atom. The lowest BCUT2D eigenvalue weighted by Gasteiger charge is -2.41. The van der Waals surface area contributed by atoms with E-state index in [9.17, 15) is 18.0 Å². The van der Waals surface area contributed by atoms with Gasteiger partial charge in [-0.15, -0.1) is 0 Å². The Balaban J connectivity index is 1.43. The lowest BCUT2D eigenvalue weighted by Crippen LogP contribution is -2.48. The molecule has 0 spiro atoms. The van der Waals surface area contributed by atoms with Gasteiger partial charge in [-0.05, 0) is 56.1 Å². The molecule has 2 aliphatic rings. The van der Waals surface area contributed by atoms with Crippen molar-refractivity contribution in [2.75, 3.05) is 33.4 Å². The largest absolute Gasteiger partial charge is 0.383 e. The Kier molecular flexibility index (Phi) is 8.57. The zero-order valence-electron chi connectivity index (χ0n) is 18.0. The van der Waals surface area contributed by atoms with Crippen LogP contribution in [0.3, 0.4) is 0 Å². The smallest absolute Gasteiger partial charge is 0.314 e. The van der Waals surface area contributed by atoms with Gasteiger partial charge in [-0.3, -0.25) is 4.90 Å². The van der Waals surface area contributed by atoms with Gasteiger partial charge >= 0.3 is 6.03 Å². The predicted octanol–water partition coefficient (Wildman–Crippen LogP) is 2.55. The molecule has 2 saturated heterocycles. The van der Waals surface area contributed by atoms with Gasteiger partial charge in [0.1, 0.15) is 5.82 Å². The van der Waals surface area contributed by atoms with Crippen molar-refractivity contribution >= 4 is 6.03 Å². The van der Waals surface area contributed by atoms with Crippen molar-refractivity contribution in [3.05, 3.63) is 35.1 Å². The molecule has 1 aromatic rings. The summed E-state index contributed by atoms with van der Waals surface area (Å²) in [6, 6.07) is 1.90. The number of benzene rings is 1. The zero-order chi connectivity index (χ0) is 22.4. The summed E-state index contributed by atoms with van der Waals surface area (Å²) in [5, 5.41) is 5.58. The van der Waals surface area contributed by atoms with E-state index in [4.69, 9.17) is 10.5 Å². The highest BCUT2D eigenvalue weighted by molar-refractivity contribution is 5.73. The van der Waals surface area contributed by atoms with Crippen molar-refractivity contribution in [2.45, 2.75) is 56.7 Å². The molecule has 4 atom stereocenters. The van der Waals surface area contributed by atoms with E-state index in [0.29, 0.717) is 37.8 Å². The third kappa shape index (κ3) is 6.33. The van der Waals surface area contributed by atoms with Gasteiger partial charge in [-0.1, -0.05) is 0 Å². The summed E-state index contributed by atoms with van der Waals surface area (Å²) in [4.78, 5) is 14.2. The number of hydrogen-bond acceptors (Lipinski definition) is 4. The summed E-state index contributed by atoms with van der Waals surface area (Å²) < 4.78 is 45.5. The lowest BCUT2D eigenvalue weighted by molar-refractivity contribution is 0.0919. The molecule has 3 rings (SSSR count). The Hall–Kier alpha value is -1.84. The average Bonchev–Trinajstić information content (AvgIpc) is 2.96. The van der Waals surface area contributed by atoms with Crippen LogP contribution in [0.2, 0.25) is 0 Å². The van der Waals surface area contributed by atoms with Crippen molar-refractivity contribution in [3.8, 4) is 0 Å². The third-order valence-electron chi connectivity index (χ3n) is 6.54. The predicted molar refractivity (Wildman–Crippen MR) is 112 cm³/mol. The fraction of sp³-hybridized carbons (Fsp3) is 0.682. The molecule has 6 nitrogen and oxygen atoms in total. The van der Waals surface area contributed by atoms with Gasteiger partial charge in [0.25, 0.3) is 0 Å². The molecule has 9 heteroatoms. The van der Waals surface area contributed by atoms with E-state index in [-0.39, 0.29) is 30.0 Å². The minimum Gasteiger partial charge on any atom is -0.383 e. The van der Waals surface area contributed by atoms with Crippen LogP contribution >= 0.6 is 0 Å². The van der Waals surface area contributed by atoms with Crippen molar-refractivity contribution in [3.63, 3.8) is 0 Å². The monoisotopic (exact) mass is 442 g/mol. The van der Waals surface area contributed by atoms with Gasteiger partial charge in [-0.25, -0.2) is 18.0 Å². The summed E-state index contributed by atoms with van der Waals surface area (Å²) in [5.74, 6) is -2.73. The highest BCUT2D eigenvalue weighted by Crippen LogP contribution is 2.40. The van der Waals surface area contributed by atoms with E-state index in [1.165, 1.54) is 0 Å². The van der Waals surface area contributed by atoms with Crippen LogP contribution in [0.25, 0.3) is 0 Å². The summed E-state index contributed by atoms with van der Waals surface area (Å²) >= 11 is 0. The van der Waals surface area contributed by atoms with E-state index in [1.54, 1.807) is 7.11 Å². The minimum absolute atomic E-state index is 0.135. The van der Waals surface area contributed by atoms with E-state index >= 15 is 0 Å². The van der Waals surface area contributed by atoms with Gasteiger partial charge < -0.3 is 21.1 Å². The van der Waals surface area contributed by atoms with Gasteiger partial charge in [0.15, 0.2) is 11.6 Å². The summed E-state index contributed by atoms with van der Waals surface area (Å²) in [5.41, 5.74) is 6.51. The molecule has 1 aromatic carbocycles. The maximum atomic E-state index is 14.0. The molecule has 0 aliphatic carbocycles. The number of carbonyl (C=O) groups is 1. The second-order valence-corrected chi connectivity index (χ2v) is 8.61. The van der Waals surface area contributed by atoms with Crippen LogP contribution in [0.5, 0.6) is 0 Å². The summed E-state index contributed by atoms with van der Waals surface area (Å²) in [6.07, 6.45) is 5.13. The number of methoxy groups -OCH3 is 1. The fourth-order valence-corrected chi connectivity index (χ4v) is 4.96. The molecule has 31 heavy (non-hydrogen) atoms. The Labute approximate surface area is 181 Å². The molecule has 2 bridgehead atoms. The third-order valence-corrected chi connectivity index (χ3v) is 6.54. The lowest BCUT2D eigenvalue weighted by atomic mass is 9.82. The first-order chi connectivity index (χ1) is 14.9. The molecule has 174 valence electrons. The average molecular weight is 443 g/mol. The number of hydrogen-bond donors (Lipinski definition) is 3. The van der Waals surface area contributed by atoms with E-state index < -0.39 is 17.5 Å². The fourth-order valence-electron chi connectivity index (χ4n) is 4.96. The highest BCUT2D eigenvalue weighted by Gasteiger charge is 2.41. The molecular weight excluding hydrogens is 409 g/mol. The number of nitrogens with two attached hydrogens (primary N) is 1. The number of carbonyl (C=O) groups excluding carboxylic acids is 1.